The second-order valence-corrected chi connectivity index (χ2v) is 9.13. The molecule has 0 aromatic rings. The number of hydrogen-bond donors (Lipinski definition) is 2. The maximum absolute atomic E-state index is 12.3. The van der Waals surface area contributed by atoms with Gasteiger partial charge in [0.2, 0.25) is 0 Å². The monoisotopic (exact) mass is 434 g/mol. The first-order valence-corrected chi connectivity index (χ1v) is 13.2. The molecule has 0 rings (SSSR count). The molecule has 0 bridgehead atoms. The van der Waals surface area contributed by atoms with Crippen molar-refractivity contribution in [2.24, 2.45) is 11.5 Å². The number of hydrogen-bond acceptors (Lipinski definition) is 6. The van der Waals surface area contributed by atoms with E-state index in [1.807, 2.05) is 0 Å². The van der Waals surface area contributed by atoms with Gasteiger partial charge in [-0.1, -0.05) is 76.9 Å². The SMILES string of the molecule is CCCCCCCC/C=C/CCCCCCCCOP(=O)(OCCN)OCCN. The molecular weight excluding hydrogens is 387 g/mol. The van der Waals surface area contributed by atoms with Crippen LogP contribution in [0.4, 0.5) is 0 Å². The van der Waals surface area contributed by atoms with Gasteiger partial charge in [-0.05, 0) is 32.1 Å². The lowest BCUT2D eigenvalue weighted by molar-refractivity contribution is 0.116. The van der Waals surface area contributed by atoms with Crippen LogP contribution < -0.4 is 11.5 Å². The van der Waals surface area contributed by atoms with E-state index in [2.05, 4.69) is 19.1 Å². The molecule has 0 spiro atoms. The summed E-state index contributed by atoms with van der Waals surface area (Å²) in [5, 5.41) is 0. The molecule has 0 unspecified atom stereocenters. The molecule has 0 aliphatic rings. The smallest absolute Gasteiger partial charge is 0.328 e. The van der Waals surface area contributed by atoms with E-state index < -0.39 is 7.82 Å². The van der Waals surface area contributed by atoms with Crippen LogP contribution >= 0.6 is 7.82 Å². The average Bonchev–Trinajstić information content (AvgIpc) is 2.73. The molecule has 7 heteroatoms. The minimum absolute atomic E-state index is 0.148. The molecule has 0 aliphatic carbocycles. The minimum atomic E-state index is -3.51. The lowest BCUT2D eigenvalue weighted by Gasteiger charge is -2.17. The van der Waals surface area contributed by atoms with E-state index in [-0.39, 0.29) is 26.3 Å². The van der Waals surface area contributed by atoms with Crippen molar-refractivity contribution in [3.8, 4) is 0 Å². The summed E-state index contributed by atoms with van der Waals surface area (Å²) in [7, 11) is -3.51. The predicted molar refractivity (Wildman–Crippen MR) is 123 cm³/mol. The highest BCUT2D eigenvalue weighted by Crippen LogP contribution is 2.49. The molecule has 0 fully saturated rings. The van der Waals surface area contributed by atoms with Gasteiger partial charge in [0.25, 0.3) is 0 Å². The maximum atomic E-state index is 12.3. The van der Waals surface area contributed by atoms with Crippen molar-refractivity contribution in [3.63, 3.8) is 0 Å². The molecule has 0 radical (unpaired) electrons. The van der Waals surface area contributed by atoms with Gasteiger partial charge in [-0.25, -0.2) is 4.57 Å². The van der Waals surface area contributed by atoms with Crippen LogP contribution in [0.25, 0.3) is 0 Å². The topological polar surface area (TPSA) is 96.8 Å². The minimum Gasteiger partial charge on any atom is -0.328 e. The van der Waals surface area contributed by atoms with Gasteiger partial charge in [-0.15, -0.1) is 0 Å². The Labute approximate surface area is 179 Å². The highest BCUT2D eigenvalue weighted by atomic mass is 31.2. The summed E-state index contributed by atoms with van der Waals surface area (Å²) in [6, 6.07) is 0. The van der Waals surface area contributed by atoms with Gasteiger partial charge >= 0.3 is 7.82 Å². The fraction of sp³-hybridized carbons (Fsp3) is 0.909. The third-order valence-corrected chi connectivity index (χ3v) is 6.14. The van der Waals surface area contributed by atoms with Gasteiger partial charge in [-0.2, -0.15) is 0 Å². The number of rotatable bonds is 23. The van der Waals surface area contributed by atoms with E-state index in [0.717, 1.165) is 12.8 Å². The van der Waals surface area contributed by atoms with Crippen molar-refractivity contribution in [3.05, 3.63) is 12.2 Å². The number of unbranched alkanes of at least 4 members (excludes halogenated alkanes) is 12. The van der Waals surface area contributed by atoms with Gasteiger partial charge in [0.15, 0.2) is 0 Å². The van der Waals surface area contributed by atoms with Gasteiger partial charge in [0, 0.05) is 13.1 Å². The summed E-state index contributed by atoms with van der Waals surface area (Å²) in [5.41, 5.74) is 10.7. The highest BCUT2D eigenvalue weighted by Gasteiger charge is 2.25. The summed E-state index contributed by atoms with van der Waals surface area (Å²) in [5.74, 6) is 0. The van der Waals surface area contributed by atoms with Crippen LogP contribution in [0.5, 0.6) is 0 Å². The van der Waals surface area contributed by atoms with E-state index in [4.69, 9.17) is 25.0 Å². The maximum Gasteiger partial charge on any atom is 0.474 e. The standard InChI is InChI=1S/C22H47N2O4P/c1-2-3-4-5-6-7-8-9-10-11-12-13-14-15-16-17-20-26-29(25,27-21-18-23)28-22-19-24/h9-10H,2-8,11-24H2,1H3/b10-9+. The first kappa shape index (κ1) is 28.8. The van der Waals surface area contributed by atoms with Gasteiger partial charge < -0.3 is 11.5 Å². The fourth-order valence-electron chi connectivity index (χ4n) is 2.97. The molecule has 0 atom stereocenters. The Morgan fingerprint density at radius 2 is 1.03 bits per heavy atom. The zero-order valence-corrected chi connectivity index (χ0v) is 19.7. The zero-order valence-electron chi connectivity index (χ0n) is 18.8. The summed E-state index contributed by atoms with van der Waals surface area (Å²) in [6.07, 6.45) is 22.2. The van der Waals surface area contributed by atoms with Crippen molar-refractivity contribution in [2.45, 2.75) is 96.8 Å². The molecule has 0 aromatic heterocycles. The molecule has 0 aliphatic heterocycles. The van der Waals surface area contributed by atoms with Crippen LogP contribution in [0.15, 0.2) is 12.2 Å². The van der Waals surface area contributed by atoms with Crippen molar-refractivity contribution in [2.75, 3.05) is 32.9 Å². The van der Waals surface area contributed by atoms with Crippen LogP contribution in [0, 0.1) is 0 Å². The Kier molecular flexibility index (Phi) is 22.3. The van der Waals surface area contributed by atoms with E-state index >= 15 is 0 Å². The number of allylic oxidation sites excluding steroid dienone is 2. The molecule has 0 amide bonds. The number of phosphoric ester groups is 1. The highest BCUT2D eigenvalue weighted by molar-refractivity contribution is 7.48. The molecule has 6 nitrogen and oxygen atoms in total. The largest absolute Gasteiger partial charge is 0.474 e. The second kappa shape index (κ2) is 22.5. The molecular formula is C22H47N2O4P. The Balaban J connectivity index is 3.47. The van der Waals surface area contributed by atoms with Crippen molar-refractivity contribution < 1.29 is 18.1 Å². The molecule has 174 valence electrons. The van der Waals surface area contributed by atoms with E-state index in [1.165, 1.54) is 77.0 Å². The first-order valence-electron chi connectivity index (χ1n) is 11.8. The number of nitrogens with two attached hydrogens (primary N) is 2. The Hall–Kier alpha value is -0.230. The first-order chi connectivity index (χ1) is 14.2. The van der Waals surface area contributed by atoms with Crippen molar-refractivity contribution >= 4 is 7.82 Å². The third-order valence-electron chi connectivity index (χ3n) is 4.64. The molecule has 29 heavy (non-hydrogen) atoms. The van der Waals surface area contributed by atoms with E-state index in [9.17, 15) is 4.57 Å². The molecule has 0 saturated carbocycles. The van der Waals surface area contributed by atoms with Crippen LogP contribution in [-0.4, -0.2) is 32.9 Å². The average molecular weight is 435 g/mol. The van der Waals surface area contributed by atoms with Crippen LogP contribution in [0.1, 0.15) is 96.8 Å². The quantitative estimate of drug-likeness (QED) is 0.115. The normalized spacial score (nSPS) is 12.2. The predicted octanol–water partition coefficient (Wildman–Crippen LogP) is 6.10. The number of phosphoric acid groups is 1. The van der Waals surface area contributed by atoms with E-state index in [0.29, 0.717) is 6.61 Å². The Morgan fingerprint density at radius 1 is 0.621 bits per heavy atom. The molecule has 4 N–H and O–H groups in total. The third kappa shape index (κ3) is 20.8. The summed E-state index contributed by atoms with van der Waals surface area (Å²) >= 11 is 0. The fourth-order valence-corrected chi connectivity index (χ4v) is 4.20. The van der Waals surface area contributed by atoms with Crippen LogP contribution in [-0.2, 0) is 18.1 Å². The lowest BCUT2D eigenvalue weighted by atomic mass is 10.1. The van der Waals surface area contributed by atoms with Gasteiger partial charge in [0.05, 0.1) is 19.8 Å². The second-order valence-electron chi connectivity index (χ2n) is 7.46. The summed E-state index contributed by atoms with van der Waals surface area (Å²) in [4.78, 5) is 0. The van der Waals surface area contributed by atoms with Gasteiger partial charge in [0.1, 0.15) is 0 Å². The molecule has 0 saturated heterocycles. The van der Waals surface area contributed by atoms with Crippen molar-refractivity contribution in [1.82, 2.24) is 0 Å². The lowest BCUT2D eigenvalue weighted by Crippen LogP contribution is -2.13. The van der Waals surface area contributed by atoms with Gasteiger partial charge in [-0.3, -0.25) is 13.6 Å². The molecule has 0 heterocycles. The molecule has 0 aromatic carbocycles. The van der Waals surface area contributed by atoms with Crippen molar-refractivity contribution in [1.29, 1.82) is 0 Å². The van der Waals surface area contributed by atoms with Crippen LogP contribution in [0.3, 0.4) is 0 Å². The zero-order chi connectivity index (χ0) is 21.5. The summed E-state index contributed by atoms with van der Waals surface area (Å²) in [6.45, 7) is 3.47. The Morgan fingerprint density at radius 3 is 1.52 bits per heavy atom. The summed E-state index contributed by atoms with van der Waals surface area (Å²) < 4.78 is 27.9. The van der Waals surface area contributed by atoms with Crippen LogP contribution in [0.2, 0.25) is 0 Å². The Bertz CT molecular complexity index is 396. The van der Waals surface area contributed by atoms with E-state index in [1.54, 1.807) is 0 Å².